The van der Waals surface area contributed by atoms with E-state index in [1.54, 1.807) is 12.1 Å². The Kier molecular flexibility index (Phi) is 5.60. The molecule has 0 saturated carbocycles. The van der Waals surface area contributed by atoms with E-state index < -0.39 is 9.84 Å². The van der Waals surface area contributed by atoms with Gasteiger partial charge in [0.1, 0.15) is 0 Å². The molecule has 3 heteroatoms. The van der Waals surface area contributed by atoms with Gasteiger partial charge in [0, 0.05) is 5.41 Å². The van der Waals surface area contributed by atoms with Gasteiger partial charge in [-0.15, -0.1) is 0 Å². The topological polar surface area (TPSA) is 34.1 Å². The van der Waals surface area contributed by atoms with E-state index in [0.29, 0.717) is 4.90 Å². The van der Waals surface area contributed by atoms with Gasteiger partial charge in [0.05, 0.1) is 4.90 Å². The zero-order chi connectivity index (χ0) is 13.6. The maximum atomic E-state index is 12.1. The number of aryl methyl sites for hydroxylation is 1. The fourth-order valence-corrected chi connectivity index (χ4v) is 3.07. The molecule has 1 aromatic carbocycles. The molecule has 1 rings (SSSR count). The van der Waals surface area contributed by atoms with Gasteiger partial charge in [-0.1, -0.05) is 43.0 Å². The van der Waals surface area contributed by atoms with Crippen LogP contribution in [0, 0.1) is 6.92 Å². The first kappa shape index (κ1) is 15.0. The first-order chi connectivity index (χ1) is 8.45. The highest BCUT2D eigenvalue weighted by Crippen LogP contribution is 2.17. The summed E-state index contributed by atoms with van der Waals surface area (Å²) in [7, 11) is -3.28. The molecule has 0 heterocycles. The first-order valence-corrected chi connectivity index (χ1v) is 7.99. The highest BCUT2D eigenvalue weighted by Gasteiger charge is 2.10. The minimum absolute atomic E-state index is 0.378. The van der Waals surface area contributed by atoms with Crippen molar-refractivity contribution in [2.24, 2.45) is 0 Å². The van der Waals surface area contributed by atoms with Gasteiger partial charge in [-0.25, -0.2) is 8.42 Å². The summed E-state index contributed by atoms with van der Waals surface area (Å²) in [5, 5.41) is 1.41. The molecule has 0 aliphatic carbocycles. The third-order valence-electron chi connectivity index (χ3n) is 2.88. The van der Waals surface area contributed by atoms with E-state index in [-0.39, 0.29) is 0 Å². The summed E-state index contributed by atoms with van der Waals surface area (Å²) in [5.74, 6) is 0. The van der Waals surface area contributed by atoms with Crippen LogP contribution in [0.25, 0.3) is 0 Å². The van der Waals surface area contributed by atoms with Crippen molar-refractivity contribution in [3.8, 4) is 0 Å². The van der Waals surface area contributed by atoms with Crippen LogP contribution in [0.2, 0.25) is 0 Å². The van der Waals surface area contributed by atoms with E-state index >= 15 is 0 Å². The monoisotopic (exact) mass is 266 g/mol. The molecule has 0 spiro atoms. The molecule has 0 aliphatic heterocycles. The molecule has 1 aromatic rings. The molecule has 2 nitrogen and oxygen atoms in total. The van der Waals surface area contributed by atoms with E-state index in [1.807, 2.05) is 26.0 Å². The van der Waals surface area contributed by atoms with E-state index in [0.717, 1.165) is 36.8 Å². The van der Waals surface area contributed by atoms with Gasteiger partial charge in [0.25, 0.3) is 0 Å². The van der Waals surface area contributed by atoms with E-state index in [4.69, 9.17) is 0 Å². The summed E-state index contributed by atoms with van der Waals surface area (Å²) >= 11 is 0. The zero-order valence-corrected chi connectivity index (χ0v) is 12.3. The van der Waals surface area contributed by atoms with Crippen molar-refractivity contribution >= 4 is 9.84 Å². The maximum Gasteiger partial charge on any atom is 0.199 e. The van der Waals surface area contributed by atoms with Crippen molar-refractivity contribution in [2.75, 3.05) is 0 Å². The maximum absolute atomic E-state index is 12.1. The van der Waals surface area contributed by atoms with E-state index in [9.17, 15) is 8.42 Å². The molecular formula is C15H22O2S. The van der Waals surface area contributed by atoms with Crippen molar-refractivity contribution in [2.45, 2.75) is 51.3 Å². The number of hydrogen-bond acceptors (Lipinski definition) is 2. The molecule has 0 atom stereocenters. The average molecular weight is 266 g/mol. The fourth-order valence-electron chi connectivity index (χ4n) is 1.77. The van der Waals surface area contributed by atoms with Crippen LogP contribution in [0.1, 0.15) is 45.1 Å². The molecule has 0 radical (unpaired) electrons. The molecule has 0 N–H and O–H groups in total. The lowest BCUT2D eigenvalue weighted by Crippen LogP contribution is -1.97. The van der Waals surface area contributed by atoms with E-state index in [1.165, 1.54) is 5.41 Å². The normalized spacial score (nSPS) is 12.7. The predicted molar refractivity (Wildman–Crippen MR) is 76.3 cm³/mol. The van der Waals surface area contributed by atoms with Crippen molar-refractivity contribution in [1.82, 2.24) is 0 Å². The van der Waals surface area contributed by atoms with Crippen LogP contribution >= 0.6 is 0 Å². The number of unbranched alkanes of at least 4 members (excludes halogenated alkanes) is 2. The minimum atomic E-state index is -3.28. The van der Waals surface area contributed by atoms with Crippen LogP contribution in [0.4, 0.5) is 0 Å². The average Bonchev–Trinajstić information content (AvgIpc) is 2.29. The Balaban J connectivity index is 2.80. The lowest BCUT2D eigenvalue weighted by atomic mass is 10.1. The summed E-state index contributed by atoms with van der Waals surface area (Å²) in [6, 6.07) is 6.99. The van der Waals surface area contributed by atoms with Crippen molar-refractivity contribution < 1.29 is 8.42 Å². The Labute approximate surface area is 111 Å². The van der Waals surface area contributed by atoms with Crippen LogP contribution in [0.15, 0.2) is 40.1 Å². The highest BCUT2D eigenvalue weighted by atomic mass is 32.2. The Morgan fingerprint density at radius 2 is 1.78 bits per heavy atom. The van der Waals surface area contributed by atoms with Crippen molar-refractivity contribution in [3.63, 3.8) is 0 Å². The lowest BCUT2D eigenvalue weighted by molar-refractivity contribution is 0.604. The van der Waals surface area contributed by atoms with Crippen LogP contribution in [-0.4, -0.2) is 8.42 Å². The summed E-state index contributed by atoms with van der Waals surface area (Å²) in [6.07, 6.45) is 4.22. The van der Waals surface area contributed by atoms with Crippen molar-refractivity contribution in [3.05, 3.63) is 40.8 Å². The van der Waals surface area contributed by atoms with Gasteiger partial charge in [-0.05, 0) is 38.8 Å². The molecular weight excluding hydrogens is 244 g/mol. The second-order valence-electron chi connectivity index (χ2n) is 4.78. The van der Waals surface area contributed by atoms with Gasteiger partial charge >= 0.3 is 0 Å². The Hall–Kier alpha value is -1.09. The van der Waals surface area contributed by atoms with Gasteiger partial charge in [-0.2, -0.15) is 0 Å². The predicted octanol–water partition coefficient (Wildman–Crippen LogP) is 4.25. The quantitative estimate of drug-likeness (QED) is 0.721. The van der Waals surface area contributed by atoms with Crippen LogP contribution in [0.5, 0.6) is 0 Å². The Morgan fingerprint density at radius 3 is 2.33 bits per heavy atom. The number of benzene rings is 1. The molecule has 100 valence electrons. The molecule has 0 aliphatic rings. The second kappa shape index (κ2) is 6.74. The Bertz CT molecular complexity index is 496. The standard InChI is InChI=1S/C15H22O2S/c1-4-5-6-7-14(3)12-18(16,17)15-10-8-13(2)9-11-15/h8-12H,4-7H2,1-3H3/b14-12+. The summed E-state index contributed by atoms with van der Waals surface area (Å²) in [6.45, 7) is 5.98. The number of rotatable bonds is 6. The zero-order valence-electron chi connectivity index (χ0n) is 11.4. The Morgan fingerprint density at radius 1 is 1.17 bits per heavy atom. The first-order valence-electron chi connectivity index (χ1n) is 6.44. The third-order valence-corrected chi connectivity index (χ3v) is 4.52. The summed E-state index contributed by atoms with van der Waals surface area (Å²) in [4.78, 5) is 0.378. The summed E-state index contributed by atoms with van der Waals surface area (Å²) in [5.41, 5.74) is 2.00. The molecule has 0 fully saturated rings. The molecule has 0 saturated heterocycles. The lowest BCUT2D eigenvalue weighted by Gasteiger charge is -2.03. The molecule has 18 heavy (non-hydrogen) atoms. The second-order valence-corrected chi connectivity index (χ2v) is 6.58. The van der Waals surface area contributed by atoms with Gasteiger partial charge in [-0.3, -0.25) is 0 Å². The molecule has 0 aromatic heterocycles. The van der Waals surface area contributed by atoms with Crippen LogP contribution in [0.3, 0.4) is 0 Å². The largest absolute Gasteiger partial charge is 0.219 e. The molecule has 0 unspecified atom stereocenters. The smallest absolute Gasteiger partial charge is 0.199 e. The minimum Gasteiger partial charge on any atom is -0.219 e. The van der Waals surface area contributed by atoms with Gasteiger partial charge in [0.15, 0.2) is 9.84 Å². The van der Waals surface area contributed by atoms with Crippen LogP contribution < -0.4 is 0 Å². The number of hydrogen-bond donors (Lipinski definition) is 0. The van der Waals surface area contributed by atoms with Gasteiger partial charge < -0.3 is 0 Å². The van der Waals surface area contributed by atoms with Crippen molar-refractivity contribution in [1.29, 1.82) is 0 Å². The SMILES string of the molecule is CCCCC/C(C)=C/S(=O)(=O)c1ccc(C)cc1. The third kappa shape index (κ3) is 4.65. The van der Waals surface area contributed by atoms with Crippen LogP contribution in [-0.2, 0) is 9.84 Å². The number of allylic oxidation sites excluding steroid dienone is 1. The molecule has 0 bridgehead atoms. The fraction of sp³-hybridized carbons (Fsp3) is 0.467. The molecule has 0 amide bonds. The number of sulfone groups is 1. The highest BCUT2D eigenvalue weighted by molar-refractivity contribution is 7.94. The van der Waals surface area contributed by atoms with E-state index in [2.05, 4.69) is 6.92 Å². The summed E-state index contributed by atoms with van der Waals surface area (Å²) < 4.78 is 24.2. The van der Waals surface area contributed by atoms with Gasteiger partial charge in [0.2, 0.25) is 0 Å².